The first-order valence-electron chi connectivity index (χ1n) is 9.23. The van der Waals surface area contributed by atoms with Gasteiger partial charge in [-0.3, -0.25) is 14.9 Å². The van der Waals surface area contributed by atoms with Crippen molar-refractivity contribution in [2.45, 2.75) is 32.4 Å². The molecule has 2 aromatic rings. The van der Waals surface area contributed by atoms with Crippen LogP contribution >= 0.6 is 11.6 Å². The molecule has 2 aromatic carbocycles. The summed E-state index contributed by atoms with van der Waals surface area (Å²) in [6.45, 7) is 2.26. The molecule has 0 spiro atoms. The van der Waals surface area contributed by atoms with Gasteiger partial charge < -0.3 is 4.90 Å². The molecule has 7 nitrogen and oxygen atoms in total. The van der Waals surface area contributed by atoms with Crippen molar-refractivity contribution in [2.24, 2.45) is 0 Å². The minimum Gasteiger partial charge on any atom is -0.330 e. The van der Waals surface area contributed by atoms with Gasteiger partial charge in [-0.1, -0.05) is 42.8 Å². The molecule has 1 saturated heterocycles. The first-order valence-corrected chi connectivity index (χ1v) is 11.4. The van der Waals surface area contributed by atoms with Crippen molar-refractivity contribution >= 4 is 33.0 Å². The molecule has 1 atom stereocenters. The SMILES string of the molecule is CCc1ccc(CN(C(=O)c2ccc(Cl)c([N+](=O)[O-])c2)C2CCS(=O)(=O)C2)cc1. The monoisotopic (exact) mass is 436 g/mol. The van der Waals surface area contributed by atoms with Gasteiger partial charge in [0.25, 0.3) is 11.6 Å². The highest BCUT2D eigenvalue weighted by molar-refractivity contribution is 7.91. The van der Waals surface area contributed by atoms with E-state index in [-0.39, 0.29) is 34.3 Å². The number of nitrogens with zero attached hydrogens (tertiary/aromatic N) is 2. The van der Waals surface area contributed by atoms with Crippen LogP contribution in [0.25, 0.3) is 0 Å². The normalized spacial score (nSPS) is 17.8. The molecule has 0 N–H and O–H groups in total. The van der Waals surface area contributed by atoms with Crippen LogP contribution in [0.5, 0.6) is 0 Å². The smallest absolute Gasteiger partial charge is 0.288 e. The second-order valence-corrected chi connectivity index (χ2v) is 9.72. The molecular formula is C20H21ClN2O5S. The molecule has 1 aliphatic heterocycles. The first-order chi connectivity index (χ1) is 13.7. The Labute approximate surface area is 174 Å². The zero-order valence-corrected chi connectivity index (χ0v) is 17.4. The van der Waals surface area contributed by atoms with Crippen molar-refractivity contribution in [1.29, 1.82) is 0 Å². The van der Waals surface area contributed by atoms with Crippen molar-refractivity contribution < 1.29 is 18.1 Å². The summed E-state index contributed by atoms with van der Waals surface area (Å²) in [5.41, 5.74) is 1.77. The maximum atomic E-state index is 13.2. The molecule has 1 fully saturated rings. The minimum absolute atomic E-state index is 0.0248. The van der Waals surface area contributed by atoms with Gasteiger partial charge in [0, 0.05) is 24.2 Å². The van der Waals surface area contributed by atoms with E-state index in [4.69, 9.17) is 11.6 Å². The Morgan fingerprint density at radius 3 is 2.41 bits per heavy atom. The van der Waals surface area contributed by atoms with E-state index < -0.39 is 26.7 Å². The Bertz CT molecular complexity index is 1040. The van der Waals surface area contributed by atoms with Gasteiger partial charge in [0.15, 0.2) is 9.84 Å². The molecule has 0 aliphatic carbocycles. The van der Waals surface area contributed by atoms with Crippen LogP contribution in [-0.2, 0) is 22.8 Å². The van der Waals surface area contributed by atoms with Crippen molar-refractivity contribution in [3.8, 4) is 0 Å². The molecule has 1 unspecified atom stereocenters. The third-order valence-corrected chi connectivity index (χ3v) is 7.15. The van der Waals surface area contributed by atoms with Gasteiger partial charge in [0.2, 0.25) is 0 Å². The van der Waals surface area contributed by atoms with Crippen molar-refractivity contribution in [3.05, 3.63) is 74.3 Å². The number of hydrogen-bond donors (Lipinski definition) is 0. The molecular weight excluding hydrogens is 416 g/mol. The number of aryl methyl sites for hydroxylation is 1. The van der Waals surface area contributed by atoms with Crippen molar-refractivity contribution in [2.75, 3.05) is 11.5 Å². The number of carbonyl (C=O) groups is 1. The molecule has 1 amide bonds. The maximum Gasteiger partial charge on any atom is 0.288 e. The number of benzene rings is 2. The maximum absolute atomic E-state index is 13.2. The van der Waals surface area contributed by atoms with Gasteiger partial charge in [-0.05, 0) is 36.1 Å². The molecule has 0 saturated carbocycles. The number of halogens is 1. The van der Waals surface area contributed by atoms with Gasteiger partial charge in [-0.15, -0.1) is 0 Å². The van der Waals surface area contributed by atoms with Crippen LogP contribution in [0.2, 0.25) is 5.02 Å². The van der Waals surface area contributed by atoms with E-state index in [1.165, 1.54) is 17.0 Å². The summed E-state index contributed by atoms with van der Waals surface area (Å²) in [5, 5.41) is 11.1. The van der Waals surface area contributed by atoms with Crippen LogP contribution in [0.15, 0.2) is 42.5 Å². The molecule has 29 heavy (non-hydrogen) atoms. The Balaban J connectivity index is 1.94. The molecule has 0 aromatic heterocycles. The summed E-state index contributed by atoms with van der Waals surface area (Å²) in [6, 6.07) is 11.2. The summed E-state index contributed by atoms with van der Waals surface area (Å²) < 4.78 is 24.0. The van der Waals surface area contributed by atoms with Gasteiger partial charge in [0.1, 0.15) is 5.02 Å². The predicted molar refractivity (Wildman–Crippen MR) is 111 cm³/mol. The molecule has 1 heterocycles. The highest BCUT2D eigenvalue weighted by atomic mass is 35.5. The fourth-order valence-corrected chi connectivity index (χ4v) is 5.33. The first kappa shape index (κ1) is 21.3. The van der Waals surface area contributed by atoms with E-state index in [2.05, 4.69) is 0 Å². The minimum atomic E-state index is -3.21. The highest BCUT2D eigenvalue weighted by Gasteiger charge is 2.35. The quantitative estimate of drug-likeness (QED) is 0.508. The number of carbonyl (C=O) groups excluding carboxylic acids is 1. The summed E-state index contributed by atoms with van der Waals surface area (Å²) in [7, 11) is -3.21. The number of hydrogen-bond acceptors (Lipinski definition) is 5. The lowest BCUT2D eigenvalue weighted by atomic mass is 10.1. The van der Waals surface area contributed by atoms with E-state index in [9.17, 15) is 23.3 Å². The lowest BCUT2D eigenvalue weighted by molar-refractivity contribution is -0.384. The van der Waals surface area contributed by atoms with Crippen LogP contribution in [0.4, 0.5) is 5.69 Å². The van der Waals surface area contributed by atoms with E-state index in [1.807, 2.05) is 31.2 Å². The van der Waals surface area contributed by atoms with E-state index in [0.29, 0.717) is 6.42 Å². The fraction of sp³-hybridized carbons (Fsp3) is 0.350. The fourth-order valence-electron chi connectivity index (χ4n) is 3.42. The van der Waals surface area contributed by atoms with Crippen LogP contribution in [0.1, 0.15) is 34.8 Å². The number of nitro benzene ring substituents is 1. The second-order valence-electron chi connectivity index (χ2n) is 7.08. The zero-order chi connectivity index (χ0) is 21.2. The third kappa shape index (κ3) is 4.94. The Hall–Kier alpha value is -2.45. The van der Waals surface area contributed by atoms with Gasteiger partial charge in [0.05, 0.1) is 16.4 Å². The second kappa shape index (κ2) is 8.51. The molecule has 3 rings (SSSR count). The summed E-state index contributed by atoms with van der Waals surface area (Å²) in [6.07, 6.45) is 1.23. The number of rotatable bonds is 6. The van der Waals surface area contributed by atoms with Crippen molar-refractivity contribution in [1.82, 2.24) is 4.90 Å². The van der Waals surface area contributed by atoms with Gasteiger partial charge >= 0.3 is 0 Å². The molecule has 0 bridgehead atoms. The summed E-state index contributed by atoms with van der Waals surface area (Å²) >= 11 is 5.85. The third-order valence-electron chi connectivity index (χ3n) is 5.08. The highest BCUT2D eigenvalue weighted by Crippen LogP contribution is 2.28. The Morgan fingerprint density at radius 2 is 1.86 bits per heavy atom. The van der Waals surface area contributed by atoms with Gasteiger partial charge in [-0.2, -0.15) is 0 Å². The average molecular weight is 437 g/mol. The van der Waals surface area contributed by atoms with Crippen LogP contribution in [0, 0.1) is 10.1 Å². The predicted octanol–water partition coefficient (Wildman–Crippen LogP) is 3.64. The summed E-state index contributed by atoms with van der Waals surface area (Å²) in [4.78, 5) is 25.3. The number of amides is 1. The summed E-state index contributed by atoms with van der Waals surface area (Å²) in [5.74, 6) is -0.537. The largest absolute Gasteiger partial charge is 0.330 e. The zero-order valence-electron chi connectivity index (χ0n) is 15.9. The van der Waals surface area contributed by atoms with Crippen LogP contribution in [0.3, 0.4) is 0 Å². The molecule has 154 valence electrons. The molecule has 0 radical (unpaired) electrons. The van der Waals surface area contributed by atoms with Crippen molar-refractivity contribution in [3.63, 3.8) is 0 Å². The molecule has 1 aliphatic rings. The van der Waals surface area contributed by atoms with E-state index in [0.717, 1.165) is 23.6 Å². The Morgan fingerprint density at radius 1 is 1.21 bits per heavy atom. The molecule has 9 heteroatoms. The van der Waals surface area contributed by atoms with E-state index >= 15 is 0 Å². The lowest BCUT2D eigenvalue weighted by Gasteiger charge is -2.28. The van der Waals surface area contributed by atoms with Crippen LogP contribution < -0.4 is 0 Å². The topological polar surface area (TPSA) is 97.6 Å². The standard InChI is InChI=1S/C20H21ClN2O5S/c1-2-14-3-5-15(6-4-14)12-22(17-9-10-29(27,28)13-17)20(24)16-7-8-18(21)19(11-16)23(25)26/h3-8,11,17H,2,9-10,12-13H2,1H3. The number of nitro groups is 1. The van der Waals surface area contributed by atoms with Crippen LogP contribution in [-0.4, -0.2) is 41.7 Å². The average Bonchev–Trinajstić information content (AvgIpc) is 3.05. The lowest BCUT2D eigenvalue weighted by Crippen LogP contribution is -2.40. The number of sulfone groups is 1. The Kier molecular flexibility index (Phi) is 6.24. The van der Waals surface area contributed by atoms with E-state index in [1.54, 1.807) is 0 Å². The van der Waals surface area contributed by atoms with Gasteiger partial charge in [-0.25, -0.2) is 8.42 Å².